The molecule has 0 aliphatic rings. The van der Waals surface area contributed by atoms with Crippen LogP contribution in [-0.4, -0.2) is 6.61 Å². The van der Waals surface area contributed by atoms with Gasteiger partial charge >= 0.3 is 0 Å². The Hall–Kier alpha value is -1.05. The molecule has 0 fully saturated rings. The van der Waals surface area contributed by atoms with Crippen LogP contribution in [0.4, 0.5) is 4.39 Å². The first kappa shape index (κ1) is 13.9. The number of rotatable bonds is 3. The van der Waals surface area contributed by atoms with E-state index < -0.39 is 0 Å². The molecule has 0 heterocycles. The van der Waals surface area contributed by atoms with Crippen molar-refractivity contribution in [1.29, 1.82) is 0 Å². The topological polar surface area (TPSA) is 9.23 Å². The van der Waals surface area contributed by atoms with E-state index in [1.54, 1.807) is 6.07 Å². The van der Waals surface area contributed by atoms with Gasteiger partial charge in [-0.25, -0.2) is 4.39 Å². The molecule has 0 saturated carbocycles. The molecule has 0 amide bonds. The highest BCUT2D eigenvalue weighted by Gasteiger charge is 2.03. The molecule has 0 saturated heterocycles. The van der Waals surface area contributed by atoms with Crippen LogP contribution in [0, 0.1) is 18.7 Å². The average molecular weight is 212 g/mol. The third-order valence-electron chi connectivity index (χ3n) is 1.66. The molecule has 0 aliphatic heterocycles. The molecule has 1 nitrogen and oxygen atoms in total. The highest BCUT2D eigenvalue weighted by atomic mass is 19.1. The van der Waals surface area contributed by atoms with Gasteiger partial charge in [0.1, 0.15) is 0 Å². The van der Waals surface area contributed by atoms with E-state index in [1.165, 1.54) is 6.07 Å². The second-order valence-corrected chi connectivity index (χ2v) is 3.64. The standard InChI is InChI=1S/C11H15FO.C2H6/c1-8(2)7-13-11-5-4-9(3)6-10(11)12;1-2/h4-6,8H,7H2,1-3H3;1-2H3. The number of hydrogen-bond donors (Lipinski definition) is 0. The van der Waals surface area contributed by atoms with Crippen molar-refractivity contribution < 1.29 is 9.13 Å². The number of hydrogen-bond acceptors (Lipinski definition) is 1. The summed E-state index contributed by atoms with van der Waals surface area (Å²) in [7, 11) is 0. The molecular weight excluding hydrogens is 191 g/mol. The van der Waals surface area contributed by atoms with Gasteiger partial charge in [0, 0.05) is 0 Å². The molecule has 86 valence electrons. The van der Waals surface area contributed by atoms with Crippen LogP contribution in [0.25, 0.3) is 0 Å². The van der Waals surface area contributed by atoms with Crippen molar-refractivity contribution in [3.8, 4) is 5.75 Å². The summed E-state index contributed by atoms with van der Waals surface area (Å²) in [4.78, 5) is 0. The second-order valence-electron chi connectivity index (χ2n) is 3.64. The largest absolute Gasteiger partial charge is 0.490 e. The number of aryl methyl sites for hydroxylation is 1. The van der Waals surface area contributed by atoms with Crippen LogP contribution in [0.3, 0.4) is 0 Å². The lowest BCUT2D eigenvalue weighted by Crippen LogP contribution is -2.05. The SMILES string of the molecule is CC.Cc1ccc(OCC(C)C)c(F)c1. The van der Waals surface area contributed by atoms with Gasteiger partial charge in [-0.15, -0.1) is 0 Å². The van der Waals surface area contributed by atoms with E-state index >= 15 is 0 Å². The first-order valence-electron chi connectivity index (χ1n) is 5.48. The predicted octanol–water partition coefficient (Wildman–Crippen LogP) is 4.20. The van der Waals surface area contributed by atoms with E-state index in [9.17, 15) is 4.39 Å². The molecule has 0 aliphatic carbocycles. The minimum absolute atomic E-state index is 0.277. The van der Waals surface area contributed by atoms with Crippen LogP contribution in [0.5, 0.6) is 5.75 Å². The number of halogens is 1. The summed E-state index contributed by atoms with van der Waals surface area (Å²) < 4.78 is 18.5. The zero-order chi connectivity index (χ0) is 11.8. The molecule has 2 heteroatoms. The molecule has 0 N–H and O–H groups in total. The second kappa shape index (κ2) is 7.27. The van der Waals surface area contributed by atoms with Gasteiger partial charge in [0.15, 0.2) is 11.6 Å². The minimum atomic E-state index is -0.277. The molecule has 0 atom stereocenters. The Labute approximate surface area is 92.3 Å². The van der Waals surface area contributed by atoms with Gasteiger partial charge in [0.05, 0.1) is 6.61 Å². The van der Waals surface area contributed by atoms with E-state index in [0.29, 0.717) is 18.3 Å². The molecule has 15 heavy (non-hydrogen) atoms. The fourth-order valence-corrected chi connectivity index (χ4v) is 0.979. The van der Waals surface area contributed by atoms with Gasteiger partial charge in [-0.2, -0.15) is 0 Å². The van der Waals surface area contributed by atoms with Crippen LogP contribution in [0.15, 0.2) is 18.2 Å². The lowest BCUT2D eigenvalue weighted by molar-refractivity contribution is 0.259. The molecule has 0 bridgehead atoms. The van der Waals surface area contributed by atoms with E-state index in [2.05, 4.69) is 0 Å². The van der Waals surface area contributed by atoms with E-state index in [0.717, 1.165) is 5.56 Å². The van der Waals surface area contributed by atoms with E-state index in [-0.39, 0.29) is 5.82 Å². The molecule has 1 aromatic carbocycles. The van der Waals surface area contributed by atoms with Crippen molar-refractivity contribution in [3.63, 3.8) is 0 Å². The maximum atomic E-state index is 13.2. The summed E-state index contributed by atoms with van der Waals surface area (Å²) in [6.07, 6.45) is 0. The fraction of sp³-hybridized carbons (Fsp3) is 0.538. The van der Waals surface area contributed by atoms with Crippen molar-refractivity contribution in [3.05, 3.63) is 29.6 Å². The minimum Gasteiger partial charge on any atom is -0.490 e. The van der Waals surface area contributed by atoms with E-state index in [1.807, 2.05) is 40.7 Å². The maximum Gasteiger partial charge on any atom is 0.165 e. The molecule has 0 unspecified atom stereocenters. The lowest BCUT2D eigenvalue weighted by atomic mass is 10.2. The Balaban J connectivity index is 0.000000921. The molecule has 0 aromatic heterocycles. The Bertz CT molecular complexity index is 282. The van der Waals surface area contributed by atoms with Crippen molar-refractivity contribution in [2.24, 2.45) is 5.92 Å². The quantitative estimate of drug-likeness (QED) is 0.729. The molecule has 0 radical (unpaired) electrons. The first-order chi connectivity index (χ1) is 7.09. The van der Waals surface area contributed by atoms with Crippen LogP contribution in [0.1, 0.15) is 33.3 Å². The highest BCUT2D eigenvalue weighted by molar-refractivity contribution is 5.28. The van der Waals surface area contributed by atoms with Crippen LogP contribution >= 0.6 is 0 Å². The molecular formula is C13H21FO. The summed E-state index contributed by atoms with van der Waals surface area (Å²) in [6, 6.07) is 5.00. The average Bonchev–Trinajstić information content (AvgIpc) is 2.19. The summed E-state index contributed by atoms with van der Waals surface area (Å²) in [5, 5.41) is 0. The van der Waals surface area contributed by atoms with Crippen LogP contribution in [-0.2, 0) is 0 Å². The van der Waals surface area contributed by atoms with Crippen molar-refractivity contribution in [1.82, 2.24) is 0 Å². The monoisotopic (exact) mass is 212 g/mol. The molecule has 1 aromatic rings. The normalized spacial score (nSPS) is 9.53. The van der Waals surface area contributed by atoms with Gasteiger partial charge in [0.2, 0.25) is 0 Å². The Morgan fingerprint density at radius 3 is 2.33 bits per heavy atom. The van der Waals surface area contributed by atoms with Crippen molar-refractivity contribution in [2.75, 3.05) is 6.61 Å². The maximum absolute atomic E-state index is 13.2. The zero-order valence-corrected chi connectivity index (χ0v) is 10.3. The number of ether oxygens (including phenoxy) is 1. The lowest BCUT2D eigenvalue weighted by Gasteiger charge is -2.09. The summed E-state index contributed by atoms with van der Waals surface area (Å²) in [5.41, 5.74) is 0.911. The predicted molar refractivity (Wildman–Crippen MR) is 62.8 cm³/mol. The van der Waals surface area contributed by atoms with Gasteiger partial charge < -0.3 is 4.74 Å². The van der Waals surface area contributed by atoms with Crippen molar-refractivity contribution >= 4 is 0 Å². The first-order valence-corrected chi connectivity index (χ1v) is 5.48. The van der Waals surface area contributed by atoms with Crippen molar-refractivity contribution in [2.45, 2.75) is 34.6 Å². The molecule has 1 rings (SSSR count). The molecule has 0 spiro atoms. The summed E-state index contributed by atoms with van der Waals surface area (Å²) in [6.45, 7) is 10.5. The summed E-state index contributed by atoms with van der Waals surface area (Å²) >= 11 is 0. The van der Waals surface area contributed by atoms with Gasteiger partial charge in [0.25, 0.3) is 0 Å². The number of benzene rings is 1. The van der Waals surface area contributed by atoms with Gasteiger partial charge in [-0.3, -0.25) is 0 Å². The van der Waals surface area contributed by atoms with Crippen LogP contribution < -0.4 is 4.74 Å². The Morgan fingerprint density at radius 1 is 1.27 bits per heavy atom. The van der Waals surface area contributed by atoms with Gasteiger partial charge in [-0.05, 0) is 30.5 Å². The smallest absolute Gasteiger partial charge is 0.165 e. The fourth-order valence-electron chi connectivity index (χ4n) is 0.979. The van der Waals surface area contributed by atoms with Gasteiger partial charge in [-0.1, -0.05) is 33.8 Å². The highest BCUT2D eigenvalue weighted by Crippen LogP contribution is 2.18. The van der Waals surface area contributed by atoms with Crippen LogP contribution in [0.2, 0.25) is 0 Å². The Kier molecular flexibility index (Phi) is 6.76. The van der Waals surface area contributed by atoms with E-state index in [4.69, 9.17) is 4.74 Å². The summed E-state index contributed by atoms with van der Waals surface area (Å²) in [5.74, 6) is 0.487. The third kappa shape index (κ3) is 5.40. The third-order valence-corrected chi connectivity index (χ3v) is 1.66. The Morgan fingerprint density at radius 2 is 1.87 bits per heavy atom. The zero-order valence-electron chi connectivity index (χ0n) is 10.3.